The van der Waals surface area contributed by atoms with E-state index < -0.39 is 0 Å². The average molecular weight is 396 g/mol. The zero-order chi connectivity index (χ0) is 19.1. The molecule has 0 unspecified atom stereocenters. The van der Waals surface area contributed by atoms with Gasteiger partial charge >= 0.3 is 0 Å². The van der Waals surface area contributed by atoms with E-state index in [-0.39, 0.29) is 17.6 Å². The maximum Gasteiger partial charge on any atom is 0.223 e. The van der Waals surface area contributed by atoms with Crippen molar-refractivity contribution in [2.24, 2.45) is 5.92 Å². The zero-order valence-electron chi connectivity index (χ0n) is 16.1. The topological polar surface area (TPSA) is 35.6 Å². The summed E-state index contributed by atoms with van der Waals surface area (Å²) < 4.78 is 13.9. The summed E-state index contributed by atoms with van der Waals surface area (Å²) in [6.45, 7) is 6.38. The van der Waals surface area contributed by atoms with E-state index in [1.165, 1.54) is 38.4 Å². The van der Waals surface area contributed by atoms with E-state index in [1.54, 1.807) is 12.1 Å². The largest absolute Gasteiger partial charge is 0.356 e. The van der Waals surface area contributed by atoms with Crippen LogP contribution in [0.5, 0.6) is 0 Å². The first-order chi connectivity index (χ1) is 13.1. The fourth-order valence-corrected chi connectivity index (χ4v) is 4.32. The smallest absolute Gasteiger partial charge is 0.223 e. The first-order valence-electron chi connectivity index (χ1n) is 10.3. The van der Waals surface area contributed by atoms with Gasteiger partial charge in [-0.1, -0.05) is 24.1 Å². The molecular formula is C21H31ClFN3O. The second-order valence-electron chi connectivity index (χ2n) is 7.80. The minimum atomic E-state index is -0.254. The molecule has 1 aromatic carbocycles. The molecule has 27 heavy (non-hydrogen) atoms. The van der Waals surface area contributed by atoms with E-state index in [1.807, 2.05) is 0 Å². The van der Waals surface area contributed by atoms with Crippen LogP contribution in [0.2, 0.25) is 5.02 Å². The van der Waals surface area contributed by atoms with Gasteiger partial charge in [-0.15, -0.1) is 0 Å². The molecule has 3 rings (SSSR count). The van der Waals surface area contributed by atoms with E-state index >= 15 is 0 Å². The molecule has 1 N–H and O–H groups in total. The quantitative estimate of drug-likeness (QED) is 0.715. The van der Waals surface area contributed by atoms with Gasteiger partial charge in [0.25, 0.3) is 0 Å². The average Bonchev–Trinajstić information content (AvgIpc) is 2.69. The summed E-state index contributed by atoms with van der Waals surface area (Å²) in [4.78, 5) is 17.1. The number of amides is 1. The van der Waals surface area contributed by atoms with Crippen molar-refractivity contribution >= 4 is 17.5 Å². The molecule has 2 aliphatic rings. The number of hydrogen-bond acceptors (Lipinski definition) is 3. The monoisotopic (exact) mass is 395 g/mol. The molecule has 2 fully saturated rings. The Morgan fingerprint density at radius 3 is 2.56 bits per heavy atom. The molecule has 0 saturated carbocycles. The number of carbonyl (C=O) groups excluding carboxylic acids is 1. The van der Waals surface area contributed by atoms with Gasteiger partial charge in [-0.05, 0) is 77.0 Å². The molecule has 0 spiro atoms. The molecular weight excluding hydrogens is 365 g/mol. The lowest BCUT2D eigenvalue weighted by Crippen LogP contribution is -2.41. The highest BCUT2D eigenvalue weighted by Crippen LogP contribution is 2.24. The van der Waals surface area contributed by atoms with Crippen LogP contribution in [0.15, 0.2) is 18.2 Å². The van der Waals surface area contributed by atoms with Crippen molar-refractivity contribution in [3.05, 3.63) is 34.6 Å². The lowest BCUT2D eigenvalue weighted by molar-refractivity contribution is -0.126. The number of benzene rings is 1. The Kier molecular flexibility index (Phi) is 7.92. The summed E-state index contributed by atoms with van der Waals surface area (Å²) in [6.07, 6.45) is 6.64. The van der Waals surface area contributed by atoms with Crippen molar-refractivity contribution < 1.29 is 9.18 Å². The molecule has 1 amide bonds. The highest BCUT2D eigenvalue weighted by Gasteiger charge is 2.25. The zero-order valence-corrected chi connectivity index (χ0v) is 16.8. The predicted octanol–water partition coefficient (Wildman–Crippen LogP) is 3.68. The molecule has 0 bridgehead atoms. The SMILES string of the molecule is O=C(NCCCN1CCCCC1)C1CCN(Cc2c(F)cccc2Cl)CC1. The summed E-state index contributed by atoms with van der Waals surface area (Å²) in [5.41, 5.74) is 0.555. The van der Waals surface area contributed by atoms with Crippen molar-refractivity contribution in [3.63, 3.8) is 0 Å². The highest BCUT2D eigenvalue weighted by molar-refractivity contribution is 6.31. The van der Waals surface area contributed by atoms with Crippen LogP contribution < -0.4 is 5.32 Å². The van der Waals surface area contributed by atoms with Gasteiger partial charge in [0.05, 0.1) is 0 Å². The van der Waals surface area contributed by atoms with Crippen LogP contribution in [0, 0.1) is 11.7 Å². The maximum atomic E-state index is 13.9. The summed E-state index contributed by atoms with van der Waals surface area (Å²) >= 11 is 6.12. The molecule has 6 heteroatoms. The van der Waals surface area contributed by atoms with Crippen LogP contribution >= 0.6 is 11.6 Å². The van der Waals surface area contributed by atoms with E-state index in [0.717, 1.165) is 45.4 Å². The Bertz CT molecular complexity index is 593. The second kappa shape index (κ2) is 10.4. The van der Waals surface area contributed by atoms with E-state index in [4.69, 9.17) is 11.6 Å². The van der Waals surface area contributed by atoms with Crippen LogP contribution in [-0.4, -0.2) is 55.0 Å². The minimum absolute atomic E-state index is 0.0762. The summed E-state index contributed by atoms with van der Waals surface area (Å²) in [7, 11) is 0. The lowest BCUT2D eigenvalue weighted by Gasteiger charge is -2.31. The number of halogens is 2. The normalized spacial score (nSPS) is 19.9. The van der Waals surface area contributed by atoms with Crippen molar-refractivity contribution in [3.8, 4) is 0 Å². The van der Waals surface area contributed by atoms with E-state index in [0.29, 0.717) is 17.1 Å². The van der Waals surface area contributed by atoms with Gasteiger partial charge < -0.3 is 10.2 Å². The number of piperidine rings is 2. The highest BCUT2D eigenvalue weighted by atomic mass is 35.5. The Morgan fingerprint density at radius 1 is 1.11 bits per heavy atom. The van der Waals surface area contributed by atoms with E-state index in [9.17, 15) is 9.18 Å². The maximum absolute atomic E-state index is 13.9. The minimum Gasteiger partial charge on any atom is -0.356 e. The van der Waals surface area contributed by atoms with Crippen LogP contribution in [0.1, 0.15) is 44.1 Å². The number of likely N-dealkylation sites (tertiary alicyclic amines) is 2. The fraction of sp³-hybridized carbons (Fsp3) is 0.667. The van der Waals surface area contributed by atoms with Crippen LogP contribution in [0.25, 0.3) is 0 Å². The van der Waals surface area contributed by atoms with Gasteiger partial charge in [-0.3, -0.25) is 9.69 Å². The second-order valence-corrected chi connectivity index (χ2v) is 8.20. The molecule has 1 aromatic rings. The Hall–Kier alpha value is -1.17. The summed E-state index contributed by atoms with van der Waals surface area (Å²) in [6, 6.07) is 4.80. The molecule has 0 aromatic heterocycles. The molecule has 2 aliphatic heterocycles. The third kappa shape index (κ3) is 6.16. The van der Waals surface area contributed by atoms with Crippen LogP contribution in [0.4, 0.5) is 4.39 Å². The van der Waals surface area contributed by atoms with Gasteiger partial charge in [-0.2, -0.15) is 0 Å². The third-order valence-corrected chi connectivity index (χ3v) is 6.15. The molecule has 2 saturated heterocycles. The number of nitrogens with one attached hydrogen (secondary N) is 1. The third-order valence-electron chi connectivity index (χ3n) is 5.80. The summed E-state index contributed by atoms with van der Waals surface area (Å²) in [5.74, 6) is 0.000573. The fourth-order valence-electron chi connectivity index (χ4n) is 4.10. The van der Waals surface area contributed by atoms with E-state index in [2.05, 4.69) is 15.1 Å². The molecule has 150 valence electrons. The van der Waals surface area contributed by atoms with Crippen LogP contribution in [-0.2, 0) is 11.3 Å². The van der Waals surface area contributed by atoms with Gasteiger partial charge in [0.1, 0.15) is 5.82 Å². The van der Waals surface area contributed by atoms with Crippen LogP contribution in [0.3, 0.4) is 0 Å². The molecule has 0 atom stereocenters. The van der Waals surface area contributed by atoms with Crippen molar-refractivity contribution in [1.29, 1.82) is 0 Å². The Balaban J connectivity index is 1.34. The number of rotatable bonds is 7. The number of nitrogens with zero attached hydrogens (tertiary/aromatic N) is 2. The summed E-state index contributed by atoms with van der Waals surface area (Å²) in [5, 5.41) is 3.59. The molecule has 0 aliphatic carbocycles. The first-order valence-corrected chi connectivity index (χ1v) is 10.7. The van der Waals surface area contributed by atoms with Gasteiger partial charge in [-0.25, -0.2) is 4.39 Å². The van der Waals surface area contributed by atoms with Crippen molar-refractivity contribution in [2.45, 2.75) is 45.1 Å². The van der Waals surface area contributed by atoms with Gasteiger partial charge in [0, 0.05) is 29.6 Å². The molecule has 2 heterocycles. The standard InChI is InChI=1S/C21H31ClFN3O/c22-19-6-4-7-20(23)18(19)16-26-14-8-17(9-15-26)21(27)24-10-5-13-25-11-2-1-3-12-25/h4,6-7,17H,1-3,5,8-16H2,(H,24,27). The predicted molar refractivity (Wildman–Crippen MR) is 107 cm³/mol. The van der Waals surface area contributed by atoms with Crippen molar-refractivity contribution in [1.82, 2.24) is 15.1 Å². The van der Waals surface area contributed by atoms with Gasteiger partial charge in [0.2, 0.25) is 5.91 Å². The first kappa shape index (κ1) is 20.6. The lowest BCUT2D eigenvalue weighted by atomic mass is 9.95. The number of carbonyl (C=O) groups is 1. The number of hydrogen-bond donors (Lipinski definition) is 1. The Labute approximate surface area is 167 Å². The Morgan fingerprint density at radius 2 is 1.85 bits per heavy atom. The molecule has 0 radical (unpaired) electrons. The molecule has 4 nitrogen and oxygen atoms in total. The van der Waals surface area contributed by atoms with Gasteiger partial charge in [0.15, 0.2) is 0 Å². The van der Waals surface area contributed by atoms with Crippen molar-refractivity contribution in [2.75, 3.05) is 39.3 Å².